The molecule has 1 fully saturated rings. The first-order valence-electron chi connectivity index (χ1n) is 10.8. The van der Waals surface area contributed by atoms with Crippen molar-refractivity contribution in [3.05, 3.63) is 76.7 Å². The zero-order valence-corrected chi connectivity index (χ0v) is 18.7. The van der Waals surface area contributed by atoms with Crippen LogP contribution in [0.1, 0.15) is 47.3 Å². The second-order valence-corrected chi connectivity index (χ2v) is 8.51. The van der Waals surface area contributed by atoms with Crippen LogP contribution in [0.3, 0.4) is 0 Å². The third kappa shape index (κ3) is 5.26. The van der Waals surface area contributed by atoms with Gasteiger partial charge in [-0.3, -0.25) is 9.78 Å². The number of aromatic nitrogens is 2. The average Bonchev–Trinajstić information content (AvgIpc) is 2.80. The number of aliphatic hydroxyl groups is 1. The SMILES string of the molecule is Cc1cccnc1COc1ncc(C(=O)N[C@@H]2CCCC[C@H]2O)cc1-c1ccc(Cl)cc1. The molecule has 7 heteroatoms. The molecule has 32 heavy (non-hydrogen) atoms. The number of nitrogens with zero attached hydrogens (tertiary/aromatic N) is 2. The molecule has 0 bridgehead atoms. The van der Waals surface area contributed by atoms with Gasteiger partial charge in [0.2, 0.25) is 5.88 Å². The number of hydrogen-bond donors (Lipinski definition) is 2. The lowest BCUT2D eigenvalue weighted by Crippen LogP contribution is -2.45. The summed E-state index contributed by atoms with van der Waals surface area (Å²) in [6.07, 6.45) is 6.18. The van der Waals surface area contributed by atoms with Gasteiger partial charge < -0.3 is 15.2 Å². The minimum absolute atomic E-state index is 0.238. The number of pyridine rings is 2. The molecule has 2 atom stereocenters. The van der Waals surface area contributed by atoms with Crippen LogP contribution in [0.2, 0.25) is 5.02 Å². The highest BCUT2D eigenvalue weighted by atomic mass is 35.5. The van der Waals surface area contributed by atoms with Gasteiger partial charge in [0.25, 0.3) is 5.91 Å². The van der Waals surface area contributed by atoms with Gasteiger partial charge in [-0.25, -0.2) is 4.98 Å². The fourth-order valence-electron chi connectivity index (χ4n) is 3.87. The van der Waals surface area contributed by atoms with Gasteiger partial charge in [0.15, 0.2) is 0 Å². The quantitative estimate of drug-likeness (QED) is 0.566. The molecule has 1 aromatic carbocycles. The van der Waals surface area contributed by atoms with Crippen LogP contribution in [0, 0.1) is 6.92 Å². The van der Waals surface area contributed by atoms with Gasteiger partial charge in [-0.2, -0.15) is 0 Å². The Morgan fingerprint density at radius 3 is 2.72 bits per heavy atom. The summed E-state index contributed by atoms with van der Waals surface area (Å²) in [7, 11) is 0. The van der Waals surface area contributed by atoms with E-state index in [1.807, 2.05) is 31.2 Å². The van der Waals surface area contributed by atoms with E-state index in [4.69, 9.17) is 16.3 Å². The minimum Gasteiger partial charge on any atom is -0.471 e. The van der Waals surface area contributed by atoms with Crippen molar-refractivity contribution in [2.45, 2.75) is 51.4 Å². The lowest BCUT2D eigenvalue weighted by molar-refractivity contribution is 0.0717. The van der Waals surface area contributed by atoms with Crippen LogP contribution in [-0.2, 0) is 6.61 Å². The number of rotatable bonds is 6. The summed E-state index contributed by atoms with van der Waals surface area (Å²) in [5.74, 6) is 0.150. The van der Waals surface area contributed by atoms with Crippen molar-refractivity contribution in [3.8, 4) is 17.0 Å². The minimum atomic E-state index is -0.513. The molecule has 2 N–H and O–H groups in total. The molecule has 0 radical (unpaired) electrons. The molecule has 3 aromatic rings. The molecule has 0 saturated heterocycles. The fraction of sp³-hybridized carbons (Fsp3) is 0.320. The topological polar surface area (TPSA) is 84.3 Å². The predicted octanol–water partition coefficient (Wildman–Crippen LogP) is 4.72. The van der Waals surface area contributed by atoms with Crippen LogP contribution >= 0.6 is 11.6 Å². The Balaban J connectivity index is 1.60. The van der Waals surface area contributed by atoms with E-state index in [9.17, 15) is 9.90 Å². The second kappa shape index (κ2) is 10.1. The highest BCUT2D eigenvalue weighted by Gasteiger charge is 2.25. The number of aryl methyl sites for hydroxylation is 1. The summed E-state index contributed by atoms with van der Waals surface area (Å²) < 4.78 is 6.01. The predicted molar refractivity (Wildman–Crippen MR) is 124 cm³/mol. The molecule has 0 spiro atoms. The van der Waals surface area contributed by atoms with Crippen LogP contribution in [0.5, 0.6) is 5.88 Å². The summed E-state index contributed by atoms with van der Waals surface area (Å²) in [4.78, 5) is 21.7. The van der Waals surface area contributed by atoms with E-state index in [-0.39, 0.29) is 18.6 Å². The molecule has 1 aliphatic rings. The summed E-state index contributed by atoms with van der Waals surface area (Å²) in [6, 6.07) is 12.7. The summed E-state index contributed by atoms with van der Waals surface area (Å²) >= 11 is 6.06. The Morgan fingerprint density at radius 2 is 1.97 bits per heavy atom. The van der Waals surface area contributed by atoms with Gasteiger partial charge in [0.05, 0.1) is 23.4 Å². The van der Waals surface area contributed by atoms with E-state index in [2.05, 4.69) is 15.3 Å². The number of amides is 1. The van der Waals surface area contributed by atoms with Gasteiger partial charge in [0, 0.05) is 23.0 Å². The Bertz CT molecular complexity index is 1090. The molecule has 166 valence electrons. The fourth-order valence-corrected chi connectivity index (χ4v) is 3.99. The number of aliphatic hydroxyl groups excluding tert-OH is 1. The summed E-state index contributed by atoms with van der Waals surface area (Å²) in [5, 5.41) is 13.8. The van der Waals surface area contributed by atoms with E-state index in [1.54, 1.807) is 24.4 Å². The first-order chi connectivity index (χ1) is 15.5. The molecule has 4 rings (SSSR count). The molecule has 6 nitrogen and oxygen atoms in total. The van der Waals surface area contributed by atoms with Crippen molar-refractivity contribution < 1.29 is 14.6 Å². The highest BCUT2D eigenvalue weighted by Crippen LogP contribution is 2.31. The van der Waals surface area contributed by atoms with E-state index < -0.39 is 6.10 Å². The van der Waals surface area contributed by atoms with Crippen molar-refractivity contribution >= 4 is 17.5 Å². The molecule has 2 aromatic heterocycles. The molecular weight excluding hydrogens is 426 g/mol. The van der Waals surface area contributed by atoms with Crippen LogP contribution < -0.4 is 10.1 Å². The first-order valence-corrected chi connectivity index (χ1v) is 11.2. The maximum Gasteiger partial charge on any atom is 0.253 e. The number of ether oxygens (including phenoxy) is 1. The van der Waals surface area contributed by atoms with E-state index in [1.165, 1.54) is 6.20 Å². The average molecular weight is 452 g/mol. The van der Waals surface area contributed by atoms with Crippen LogP contribution in [0.4, 0.5) is 0 Å². The highest BCUT2D eigenvalue weighted by molar-refractivity contribution is 6.30. The van der Waals surface area contributed by atoms with Crippen molar-refractivity contribution in [2.24, 2.45) is 0 Å². The van der Waals surface area contributed by atoms with Crippen molar-refractivity contribution in [3.63, 3.8) is 0 Å². The number of benzene rings is 1. The van der Waals surface area contributed by atoms with Crippen molar-refractivity contribution in [1.29, 1.82) is 0 Å². The first kappa shape index (κ1) is 22.2. The molecule has 0 aliphatic heterocycles. The second-order valence-electron chi connectivity index (χ2n) is 8.07. The zero-order valence-electron chi connectivity index (χ0n) is 17.9. The number of carbonyl (C=O) groups is 1. The van der Waals surface area contributed by atoms with Gasteiger partial charge in [0.1, 0.15) is 6.61 Å². The molecule has 2 heterocycles. The van der Waals surface area contributed by atoms with Gasteiger partial charge in [-0.1, -0.05) is 42.6 Å². The monoisotopic (exact) mass is 451 g/mol. The zero-order chi connectivity index (χ0) is 22.5. The Labute approximate surface area is 192 Å². The summed E-state index contributed by atoms with van der Waals surface area (Å²) in [6.45, 7) is 2.24. The van der Waals surface area contributed by atoms with Crippen LogP contribution in [0.15, 0.2) is 54.9 Å². The standard InChI is InChI=1S/C25H26ClN3O3/c1-16-5-4-12-27-22(16)15-32-25-20(17-8-10-19(26)11-9-17)13-18(14-28-25)24(31)29-21-6-2-3-7-23(21)30/h4-5,8-14,21,23,30H,2-3,6-7,15H2,1H3,(H,29,31)/t21-,23-/m1/s1. The Hall–Kier alpha value is -2.96. The third-order valence-electron chi connectivity index (χ3n) is 5.78. The largest absolute Gasteiger partial charge is 0.471 e. The third-order valence-corrected chi connectivity index (χ3v) is 6.03. The van der Waals surface area contributed by atoms with Crippen LogP contribution in [-0.4, -0.2) is 33.1 Å². The molecule has 1 saturated carbocycles. The lowest BCUT2D eigenvalue weighted by atomic mass is 9.92. The smallest absolute Gasteiger partial charge is 0.253 e. The number of hydrogen-bond acceptors (Lipinski definition) is 5. The van der Waals surface area contributed by atoms with Crippen LogP contribution in [0.25, 0.3) is 11.1 Å². The maximum atomic E-state index is 12.9. The number of halogens is 1. The maximum absolute atomic E-state index is 12.9. The molecular formula is C25H26ClN3O3. The number of nitrogens with one attached hydrogen (secondary N) is 1. The number of carbonyl (C=O) groups excluding carboxylic acids is 1. The van der Waals surface area contributed by atoms with Crippen molar-refractivity contribution in [2.75, 3.05) is 0 Å². The van der Waals surface area contributed by atoms with Gasteiger partial charge in [-0.15, -0.1) is 0 Å². The lowest BCUT2D eigenvalue weighted by Gasteiger charge is -2.28. The normalized spacial score (nSPS) is 18.2. The molecule has 1 aliphatic carbocycles. The van der Waals surface area contributed by atoms with Gasteiger partial charge in [-0.05, 0) is 55.2 Å². The van der Waals surface area contributed by atoms with E-state index >= 15 is 0 Å². The molecule has 1 amide bonds. The van der Waals surface area contributed by atoms with Gasteiger partial charge >= 0.3 is 0 Å². The van der Waals surface area contributed by atoms with Crippen molar-refractivity contribution in [1.82, 2.24) is 15.3 Å². The Kier molecular flexibility index (Phi) is 7.02. The summed E-state index contributed by atoms with van der Waals surface area (Å²) in [5.41, 5.74) is 3.79. The van der Waals surface area contributed by atoms with E-state index in [0.29, 0.717) is 28.5 Å². The Morgan fingerprint density at radius 1 is 1.19 bits per heavy atom. The molecule has 0 unspecified atom stereocenters. The van der Waals surface area contributed by atoms with E-state index in [0.717, 1.165) is 36.1 Å².